The summed E-state index contributed by atoms with van der Waals surface area (Å²) in [6.07, 6.45) is 7.11. The Balaban J connectivity index is 2.06. The predicted octanol–water partition coefficient (Wildman–Crippen LogP) is 6.61. The zero-order chi connectivity index (χ0) is 21.4. The van der Waals surface area contributed by atoms with Crippen LogP contribution in [0.2, 0.25) is 0 Å². The summed E-state index contributed by atoms with van der Waals surface area (Å²) in [4.78, 5) is 12.5. The third-order valence-electron chi connectivity index (χ3n) is 6.35. The molecule has 1 aliphatic rings. The molecule has 0 unspecified atom stereocenters. The van der Waals surface area contributed by atoms with Crippen molar-refractivity contribution < 1.29 is 0 Å². The van der Waals surface area contributed by atoms with Crippen molar-refractivity contribution in [1.29, 1.82) is 0 Å². The number of anilines is 1. The van der Waals surface area contributed by atoms with Crippen molar-refractivity contribution in [2.75, 3.05) is 18.0 Å². The molecule has 0 bridgehead atoms. The van der Waals surface area contributed by atoms with Crippen molar-refractivity contribution in [2.45, 2.75) is 73.1 Å². The SMILES string of the molecule is CCCCN(CC)c1nc(C)nc2c1c1c(n2-c2c(C)cc(Br)cc2C)CCCC1. The lowest BCUT2D eigenvalue weighted by atomic mass is 9.95. The molecule has 1 aliphatic carbocycles. The average Bonchev–Trinajstić information content (AvgIpc) is 3.02. The number of hydrogen-bond donors (Lipinski definition) is 0. The Kier molecular flexibility index (Phi) is 6.19. The smallest absolute Gasteiger partial charge is 0.150 e. The van der Waals surface area contributed by atoms with Gasteiger partial charge in [0.15, 0.2) is 5.65 Å². The molecule has 0 saturated carbocycles. The fourth-order valence-electron chi connectivity index (χ4n) is 5.00. The molecule has 160 valence electrons. The summed E-state index contributed by atoms with van der Waals surface area (Å²) in [7, 11) is 0. The van der Waals surface area contributed by atoms with E-state index < -0.39 is 0 Å². The van der Waals surface area contributed by atoms with E-state index in [0.29, 0.717) is 0 Å². The maximum Gasteiger partial charge on any atom is 0.150 e. The van der Waals surface area contributed by atoms with E-state index in [4.69, 9.17) is 9.97 Å². The Morgan fingerprint density at radius 1 is 1.03 bits per heavy atom. The minimum Gasteiger partial charge on any atom is -0.356 e. The molecule has 1 aromatic carbocycles. The van der Waals surface area contributed by atoms with Gasteiger partial charge >= 0.3 is 0 Å². The van der Waals surface area contributed by atoms with E-state index in [0.717, 1.165) is 47.7 Å². The molecule has 0 fully saturated rings. The van der Waals surface area contributed by atoms with Gasteiger partial charge in [-0.2, -0.15) is 0 Å². The summed E-state index contributed by atoms with van der Waals surface area (Å²) in [5.74, 6) is 1.99. The second kappa shape index (κ2) is 8.70. The van der Waals surface area contributed by atoms with Gasteiger partial charge in [0.2, 0.25) is 0 Å². The van der Waals surface area contributed by atoms with Crippen molar-refractivity contribution in [3.63, 3.8) is 0 Å². The van der Waals surface area contributed by atoms with Gasteiger partial charge in [0.1, 0.15) is 11.6 Å². The van der Waals surface area contributed by atoms with Gasteiger partial charge in [0.25, 0.3) is 0 Å². The summed E-state index contributed by atoms with van der Waals surface area (Å²) < 4.78 is 3.60. The molecule has 3 aromatic rings. The number of fused-ring (bicyclic) bond motifs is 3. The minimum absolute atomic E-state index is 0.857. The van der Waals surface area contributed by atoms with E-state index in [1.165, 1.54) is 59.1 Å². The molecule has 0 saturated heterocycles. The Labute approximate surface area is 188 Å². The van der Waals surface area contributed by atoms with Gasteiger partial charge < -0.3 is 4.90 Å². The lowest BCUT2D eigenvalue weighted by Gasteiger charge is -2.23. The third-order valence-corrected chi connectivity index (χ3v) is 6.80. The second-order valence-corrected chi connectivity index (χ2v) is 9.50. The van der Waals surface area contributed by atoms with Crippen molar-refractivity contribution >= 4 is 32.8 Å². The van der Waals surface area contributed by atoms with Crippen LogP contribution in [0.5, 0.6) is 0 Å². The van der Waals surface area contributed by atoms with Crippen LogP contribution in [0.1, 0.15) is 67.7 Å². The van der Waals surface area contributed by atoms with E-state index in [1.54, 1.807) is 0 Å². The zero-order valence-electron chi connectivity index (χ0n) is 19.0. The highest BCUT2D eigenvalue weighted by Gasteiger charge is 2.27. The van der Waals surface area contributed by atoms with E-state index in [2.05, 4.69) is 65.2 Å². The van der Waals surface area contributed by atoms with Crippen LogP contribution in [-0.4, -0.2) is 27.6 Å². The first-order valence-corrected chi connectivity index (χ1v) is 12.2. The Morgan fingerprint density at radius 2 is 1.73 bits per heavy atom. The third kappa shape index (κ3) is 3.66. The summed E-state index contributed by atoms with van der Waals surface area (Å²) in [5, 5.41) is 1.29. The highest BCUT2D eigenvalue weighted by atomic mass is 79.9. The topological polar surface area (TPSA) is 34.0 Å². The largest absolute Gasteiger partial charge is 0.356 e. The van der Waals surface area contributed by atoms with Crippen LogP contribution < -0.4 is 4.90 Å². The molecule has 0 aliphatic heterocycles. The maximum atomic E-state index is 5.03. The molecule has 4 nitrogen and oxygen atoms in total. The van der Waals surface area contributed by atoms with Gasteiger partial charge in [-0.1, -0.05) is 29.3 Å². The quantitative estimate of drug-likeness (QED) is 0.407. The van der Waals surface area contributed by atoms with Crippen LogP contribution >= 0.6 is 15.9 Å². The van der Waals surface area contributed by atoms with E-state index in [-0.39, 0.29) is 0 Å². The van der Waals surface area contributed by atoms with Crippen LogP contribution in [-0.2, 0) is 12.8 Å². The van der Waals surface area contributed by atoms with Crippen molar-refractivity contribution in [2.24, 2.45) is 0 Å². The first kappa shape index (κ1) is 21.4. The number of halogens is 1. The molecule has 0 atom stereocenters. The number of benzene rings is 1. The number of aryl methyl sites for hydroxylation is 4. The molecular formula is C25H33BrN4. The molecule has 0 amide bonds. The van der Waals surface area contributed by atoms with Gasteiger partial charge in [-0.3, -0.25) is 4.57 Å². The first-order chi connectivity index (χ1) is 14.5. The molecule has 0 radical (unpaired) electrons. The lowest BCUT2D eigenvalue weighted by Crippen LogP contribution is -2.25. The number of rotatable bonds is 6. The Morgan fingerprint density at radius 3 is 2.40 bits per heavy atom. The van der Waals surface area contributed by atoms with Crippen molar-refractivity contribution in [3.8, 4) is 5.69 Å². The molecular weight excluding hydrogens is 436 g/mol. The van der Waals surface area contributed by atoms with Gasteiger partial charge in [0.05, 0.1) is 11.1 Å². The Bertz CT molecular complexity index is 1060. The fraction of sp³-hybridized carbons (Fsp3) is 0.520. The van der Waals surface area contributed by atoms with Crippen molar-refractivity contribution in [3.05, 3.63) is 44.8 Å². The van der Waals surface area contributed by atoms with Gasteiger partial charge in [-0.15, -0.1) is 0 Å². The van der Waals surface area contributed by atoms with Crippen LogP contribution in [0.25, 0.3) is 16.7 Å². The van der Waals surface area contributed by atoms with Crippen molar-refractivity contribution in [1.82, 2.24) is 14.5 Å². The zero-order valence-corrected chi connectivity index (χ0v) is 20.6. The highest BCUT2D eigenvalue weighted by Crippen LogP contribution is 2.40. The molecule has 0 N–H and O–H groups in total. The molecule has 5 heteroatoms. The molecule has 4 rings (SSSR count). The standard InChI is InChI=1S/C25H33BrN4/c1-6-8-13-29(7-2)24-22-20-11-9-10-12-21(20)30(25(22)28-18(5)27-24)23-16(3)14-19(26)15-17(23)4/h14-15H,6-13H2,1-5H3. The lowest BCUT2D eigenvalue weighted by molar-refractivity contribution is 0.665. The molecule has 2 heterocycles. The van der Waals surface area contributed by atoms with Gasteiger partial charge in [0, 0.05) is 23.3 Å². The van der Waals surface area contributed by atoms with E-state index >= 15 is 0 Å². The molecule has 0 spiro atoms. The summed E-state index contributed by atoms with van der Waals surface area (Å²) >= 11 is 3.67. The second-order valence-electron chi connectivity index (χ2n) is 8.58. The molecule has 2 aromatic heterocycles. The Hall–Kier alpha value is -1.88. The minimum atomic E-state index is 0.857. The van der Waals surface area contributed by atoms with Gasteiger partial charge in [-0.25, -0.2) is 9.97 Å². The fourth-order valence-corrected chi connectivity index (χ4v) is 5.68. The van der Waals surface area contributed by atoms with Crippen LogP contribution in [0, 0.1) is 20.8 Å². The maximum absolute atomic E-state index is 5.03. The highest BCUT2D eigenvalue weighted by molar-refractivity contribution is 9.10. The predicted molar refractivity (Wildman–Crippen MR) is 130 cm³/mol. The van der Waals surface area contributed by atoms with Crippen LogP contribution in [0.3, 0.4) is 0 Å². The van der Waals surface area contributed by atoms with E-state index in [9.17, 15) is 0 Å². The molecule has 30 heavy (non-hydrogen) atoms. The number of aromatic nitrogens is 3. The monoisotopic (exact) mass is 468 g/mol. The number of hydrogen-bond acceptors (Lipinski definition) is 3. The summed E-state index contributed by atoms with van der Waals surface area (Å²) in [6, 6.07) is 4.44. The average molecular weight is 469 g/mol. The van der Waals surface area contributed by atoms with E-state index in [1.807, 2.05) is 6.92 Å². The summed E-state index contributed by atoms with van der Waals surface area (Å²) in [5.41, 5.74) is 7.85. The number of nitrogens with zero attached hydrogens (tertiary/aromatic N) is 4. The van der Waals surface area contributed by atoms with Crippen LogP contribution in [0.15, 0.2) is 16.6 Å². The first-order valence-electron chi connectivity index (χ1n) is 11.4. The van der Waals surface area contributed by atoms with Gasteiger partial charge in [-0.05, 0) is 88.6 Å². The van der Waals surface area contributed by atoms with Crippen LogP contribution in [0.4, 0.5) is 5.82 Å². The number of unbranched alkanes of at least 4 members (excludes halogenated alkanes) is 1. The normalized spacial score (nSPS) is 13.7. The summed E-state index contributed by atoms with van der Waals surface area (Å²) in [6.45, 7) is 13.0.